The van der Waals surface area contributed by atoms with Crippen LogP contribution in [0.4, 0.5) is 4.39 Å². The third kappa shape index (κ3) is 2.98. The lowest BCUT2D eigenvalue weighted by Crippen LogP contribution is -2.43. The first-order chi connectivity index (χ1) is 8.59. The fraction of sp³-hybridized carbons (Fsp3) is 0.500. The Kier molecular flexibility index (Phi) is 4.51. The quantitative estimate of drug-likeness (QED) is 0.851. The SMILES string of the molecule is CC(=O)C1CCCCN1Cc1cccc(F)c1Br. The van der Waals surface area contributed by atoms with Crippen LogP contribution < -0.4 is 0 Å². The number of carbonyl (C=O) groups is 1. The van der Waals surface area contributed by atoms with Crippen molar-refractivity contribution in [3.05, 3.63) is 34.1 Å². The maximum atomic E-state index is 13.5. The van der Waals surface area contributed by atoms with Crippen LogP contribution in [0.25, 0.3) is 0 Å². The number of hydrogen-bond acceptors (Lipinski definition) is 2. The Morgan fingerprint density at radius 3 is 3.00 bits per heavy atom. The highest BCUT2D eigenvalue weighted by molar-refractivity contribution is 9.10. The molecule has 0 aliphatic carbocycles. The summed E-state index contributed by atoms with van der Waals surface area (Å²) in [5.41, 5.74) is 0.906. The van der Waals surface area contributed by atoms with Gasteiger partial charge in [-0.3, -0.25) is 9.69 Å². The molecule has 0 amide bonds. The second-order valence-corrected chi connectivity index (χ2v) is 5.60. The van der Waals surface area contributed by atoms with Gasteiger partial charge in [0.05, 0.1) is 10.5 Å². The van der Waals surface area contributed by atoms with E-state index in [4.69, 9.17) is 0 Å². The molecule has 0 spiro atoms. The Balaban J connectivity index is 2.16. The smallest absolute Gasteiger partial charge is 0.146 e. The van der Waals surface area contributed by atoms with Gasteiger partial charge >= 0.3 is 0 Å². The molecule has 1 aromatic carbocycles. The molecule has 1 saturated heterocycles. The summed E-state index contributed by atoms with van der Waals surface area (Å²) in [7, 11) is 0. The first-order valence-electron chi connectivity index (χ1n) is 6.27. The van der Waals surface area contributed by atoms with E-state index in [1.54, 1.807) is 13.0 Å². The molecule has 98 valence electrons. The number of Topliss-reactive ketones (excluding diaryl/α,β-unsaturated/α-hetero) is 1. The van der Waals surface area contributed by atoms with Crippen LogP contribution in [0.5, 0.6) is 0 Å². The summed E-state index contributed by atoms with van der Waals surface area (Å²) in [6.07, 6.45) is 3.13. The average Bonchev–Trinajstić information content (AvgIpc) is 2.35. The van der Waals surface area contributed by atoms with Crippen molar-refractivity contribution in [3.63, 3.8) is 0 Å². The van der Waals surface area contributed by atoms with E-state index in [9.17, 15) is 9.18 Å². The van der Waals surface area contributed by atoms with E-state index < -0.39 is 0 Å². The minimum atomic E-state index is -0.246. The van der Waals surface area contributed by atoms with Crippen LogP contribution in [0.1, 0.15) is 31.7 Å². The molecule has 0 N–H and O–H groups in total. The molecule has 0 saturated carbocycles. The molecule has 18 heavy (non-hydrogen) atoms. The predicted molar refractivity (Wildman–Crippen MR) is 72.8 cm³/mol. The van der Waals surface area contributed by atoms with Crippen molar-refractivity contribution in [1.82, 2.24) is 4.90 Å². The maximum Gasteiger partial charge on any atom is 0.146 e. The molecular weight excluding hydrogens is 297 g/mol. The monoisotopic (exact) mass is 313 g/mol. The first kappa shape index (κ1) is 13.7. The zero-order chi connectivity index (χ0) is 13.1. The third-order valence-corrected chi connectivity index (χ3v) is 4.38. The van der Waals surface area contributed by atoms with Gasteiger partial charge in [0.15, 0.2) is 0 Å². The summed E-state index contributed by atoms with van der Waals surface area (Å²) in [6.45, 7) is 3.18. The number of benzene rings is 1. The molecular formula is C14H17BrFNO. The zero-order valence-electron chi connectivity index (χ0n) is 10.5. The summed E-state index contributed by atoms with van der Waals surface area (Å²) in [5.74, 6) is -0.0360. The van der Waals surface area contributed by atoms with Gasteiger partial charge in [0.2, 0.25) is 0 Å². The van der Waals surface area contributed by atoms with Crippen molar-refractivity contribution in [3.8, 4) is 0 Å². The molecule has 0 aromatic heterocycles. The van der Waals surface area contributed by atoms with Crippen LogP contribution >= 0.6 is 15.9 Å². The molecule has 2 nitrogen and oxygen atoms in total. The topological polar surface area (TPSA) is 20.3 Å². The van der Waals surface area contributed by atoms with Gasteiger partial charge in [-0.05, 0) is 53.9 Å². The fourth-order valence-electron chi connectivity index (χ4n) is 2.53. The number of nitrogens with zero attached hydrogens (tertiary/aromatic N) is 1. The molecule has 1 aromatic rings. The van der Waals surface area contributed by atoms with Crippen LogP contribution in [-0.2, 0) is 11.3 Å². The summed E-state index contributed by atoms with van der Waals surface area (Å²) in [5, 5.41) is 0. The van der Waals surface area contributed by atoms with Gasteiger partial charge in [0.1, 0.15) is 11.6 Å². The minimum Gasteiger partial charge on any atom is -0.298 e. The molecule has 1 unspecified atom stereocenters. The van der Waals surface area contributed by atoms with Crippen molar-refractivity contribution < 1.29 is 9.18 Å². The summed E-state index contributed by atoms with van der Waals surface area (Å²) < 4.78 is 14.0. The Labute approximate surface area is 115 Å². The van der Waals surface area contributed by atoms with E-state index in [1.165, 1.54) is 6.07 Å². The largest absolute Gasteiger partial charge is 0.298 e. The molecule has 1 heterocycles. The maximum absolute atomic E-state index is 13.5. The van der Waals surface area contributed by atoms with Crippen LogP contribution in [0.3, 0.4) is 0 Å². The number of likely N-dealkylation sites (tertiary alicyclic amines) is 1. The van der Waals surface area contributed by atoms with Crippen LogP contribution in [-0.4, -0.2) is 23.3 Å². The van der Waals surface area contributed by atoms with Crippen LogP contribution in [0, 0.1) is 5.82 Å². The molecule has 2 rings (SSSR count). The van der Waals surface area contributed by atoms with E-state index in [0.717, 1.165) is 31.4 Å². The van der Waals surface area contributed by atoms with Gasteiger partial charge in [-0.15, -0.1) is 0 Å². The predicted octanol–water partition coefficient (Wildman–Crippen LogP) is 3.53. The van der Waals surface area contributed by atoms with Crippen molar-refractivity contribution in [2.24, 2.45) is 0 Å². The Morgan fingerprint density at radius 2 is 2.28 bits per heavy atom. The molecule has 1 atom stereocenters. The van der Waals surface area contributed by atoms with Gasteiger partial charge in [-0.25, -0.2) is 4.39 Å². The number of rotatable bonds is 3. The molecule has 0 bridgehead atoms. The molecule has 0 radical (unpaired) electrons. The van der Waals surface area contributed by atoms with Crippen LogP contribution in [0.2, 0.25) is 0 Å². The van der Waals surface area contributed by atoms with E-state index >= 15 is 0 Å². The van der Waals surface area contributed by atoms with E-state index in [1.807, 2.05) is 6.07 Å². The number of hydrogen-bond donors (Lipinski definition) is 0. The van der Waals surface area contributed by atoms with E-state index in [-0.39, 0.29) is 17.6 Å². The Hall–Kier alpha value is -0.740. The molecule has 1 fully saturated rings. The Bertz CT molecular complexity index is 449. The summed E-state index contributed by atoms with van der Waals surface area (Å²) in [4.78, 5) is 13.8. The van der Waals surface area contributed by atoms with Gasteiger partial charge in [-0.2, -0.15) is 0 Å². The minimum absolute atomic E-state index is 0.00563. The number of halogens is 2. The number of carbonyl (C=O) groups excluding carboxylic acids is 1. The van der Waals surface area contributed by atoms with Gasteiger partial charge in [-0.1, -0.05) is 18.6 Å². The van der Waals surface area contributed by atoms with Gasteiger partial charge in [0, 0.05) is 6.54 Å². The first-order valence-corrected chi connectivity index (χ1v) is 7.06. The third-order valence-electron chi connectivity index (χ3n) is 3.49. The lowest BCUT2D eigenvalue weighted by molar-refractivity contribution is -0.123. The van der Waals surface area contributed by atoms with E-state index in [0.29, 0.717) is 11.0 Å². The van der Waals surface area contributed by atoms with Crippen molar-refractivity contribution >= 4 is 21.7 Å². The second kappa shape index (κ2) is 5.93. The van der Waals surface area contributed by atoms with Crippen molar-refractivity contribution in [1.29, 1.82) is 0 Å². The van der Waals surface area contributed by atoms with Crippen LogP contribution in [0.15, 0.2) is 22.7 Å². The number of ketones is 1. The lowest BCUT2D eigenvalue weighted by Gasteiger charge is -2.34. The highest BCUT2D eigenvalue weighted by atomic mass is 79.9. The lowest BCUT2D eigenvalue weighted by atomic mass is 9.98. The summed E-state index contributed by atoms with van der Waals surface area (Å²) >= 11 is 3.28. The number of piperidine rings is 1. The van der Waals surface area contributed by atoms with Gasteiger partial charge < -0.3 is 0 Å². The second-order valence-electron chi connectivity index (χ2n) is 4.81. The zero-order valence-corrected chi connectivity index (χ0v) is 12.0. The molecule has 4 heteroatoms. The fourth-order valence-corrected chi connectivity index (χ4v) is 2.92. The van der Waals surface area contributed by atoms with Gasteiger partial charge in [0.25, 0.3) is 0 Å². The van der Waals surface area contributed by atoms with E-state index in [2.05, 4.69) is 20.8 Å². The highest BCUT2D eigenvalue weighted by Crippen LogP contribution is 2.25. The Morgan fingerprint density at radius 1 is 1.50 bits per heavy atom. The molecule has 1 aliphatic heterocycles. The standard InChI is InChI=1S/C14H17BrFNO/c1-10(18)13-7-2-3-8-17(13)9-11-5-4-6-12(16)14(11)15/h4-6,13H,2-3,7-9H2,1H3. The summed E-state index contributed by atoms with van der Waals surface area (Å²) in [6, 6.07) is 5.04. The van der Waals surface area contributed by atoms with Crippen molar-refractivity contribution in [2.45, 2.75) is 38.8 Å². The normalized spacial score (nSPS) is 20.9. The molecule has 1 aliphatic rings. The van der Waals surface area contributed by atoms with Crippen molar-refractivity contribution in [2.75, 3.05) is 6.54 Å². The highest BCUT2D eigenvalue weighted by Gasteiger charge is 2.26. The average molecular weight is 314 g/mol.